The Morgan fingerprint density at radius 2 is 1.90 bits per heavy atom. The first-order chi connectivity index (χ1) is 15.1. The molecule has 156 valence electrons. The van der Waals surface area contributed by atoms with Crippen LogP contribution in [-0.2, 0) is 4.79 Å². The summed E-state index contributed by atoms with van der Waals surface area (Å²) in [6.07, 6.45) is 4.98. The Hall–Kier alpha value is -3.72. The summed E-state index contributed by atoms with van der Waals surface area (Å²) in [7, 11) is 0. The van der Waals surface area contributed by atoms with Gasteiger partial charge < -0.3 is 4.42 Å². The molecule has 0 bridgehead atoms. The molecule has 0 aliphatic rings. The fraction of sp³-hybridized carbons (Fsp3) is 0.136. The molecule has 0 saturated carbocycles. The Morgan fingerprint density at radius 1 is 1.13 bits per heavy atom. The number of pyridine rings is 1. The summed E-state index contributed by atoms with van der Waals surface area (Å²) in [5.41, 5.74) is 6.09. The number of hydrazone groups is 1. The lowest BCUT2D eigenvalue weighted by Gasteiger charge is -2.10. The van der Waals surface area contributed by atoms with Crippen molar-refractivity contribution in [1.29, 1.82) is 0 Å². The third kappa shape index (κ3) is 4.89. The van der Waals surface area contributed by atoms with Gasteiger partial charge in [-0.2, -0.15) is 5.10 Å². The van der Waals surface area contributed by atoms with Gasteiger partial charge in [-0.25, -0.2) is 5.43 Å². The van der Waals surface area contributed by atoms with Crippen LogP contribution in [0, 0.1) is 6.92 Å². The van der Waals surface area contributed by atoms with E-state index < -0.39 is 0 Å². The maximum Gasteiger partial charge on any atom is 0.250 e. The fourth-order valence-corrected chi connectivity index (χ4v) is 3.57. The number of aromatic nitrogens is 4. The summed E-state index contributed by atoms with van der Waals surface area (Å²) in [6, 6.07) is 15.4. The molecule has 4 rings (SSSR count). The molecule has 0 spiro atoms. The van der Waals surface area contributed by atoms with Gasteiger partial charge in [0, 0.05) is 23.6 Å². The van der Waals surface area contributed by atoms with Crippen molar-refractivity contribution in [1.82, 2.24) is 25.2 Å². The summed E-state index contributed by atoms with van der Waals surface area (Å²) in [6.45, 7) is 3.80. The molecular weight excluding hydrogens is 412 g/mol. The topological polar surface area (TPSA) is 98.2 Å². The number of hydrogen-bond acceptors (Lipinski definition) is 7. The van der Waals surface area contributed by atoms with Crippen molar-refractivity contribution in [2.75, 3.05) is 5.75 Å². The third-order valence-corrected chi connectivity index (χ3v) is 5.35. The minimum Gasteiger partial charge on any atom is -0.463 e. The predicted molar refractivity (Wildman–Crippen MR) is 119 cm³/mol. The molecule has 1 aromatic carbocycles. The zero-order chi connectivity index (χ0) is 21.6. The largest absolute Gasteiger partial charge is 0.463 e. The van der Waals surface area contributed by atoms with Crippen LogP contribution in [0.3, 0.4) is 0 Å². The Labute approximate surface area is 183 Å². The summed E-state index contributed by atoms with van der Waals surface area (Å²) in [4.78, 5) is 16.4. The van der Waals surface area contributed by atoms with Crippen molar-refractivity contribution in [3.05, 3.63) is 78.5 Å². The maximum atomic E-state index is 12.3. The van der Waals surface area contributed by atoms with Crippen LogP contribution in [0.2, 0.25) is 0 Å². The number of nitrogens with one attached hydrogen (secondary N) is 1. The van der Waals surface area contributed by atoms with Crippen LogP contribution in [-0.4, -0.2) is 37.1 Å². The number of amides is 1. The lowest BCUT2D eigenvalue weighted by Crippen LogP contribution is -2.21. The van der Waals surface area contributed by atoms with Gasteiger partial charge in [-0.15, -0.1) is 10.2 Å². The number of hydrogen-bond donors (Lipinski definition) is 1. The number of rotatable bonds is 7. The molecule has 0 saturated heterocycles. The number of benzene rings is 1. The van der Waals surface area contributed by atoms with E-state index >= 15 is 0 Å². The molecule has 0 atom stereocenters. The van der Waals surface area contributed by atoms with Crippen LogP contribution < -0.4 is 5.43 Å². The number of carbonyl (C=O) groups excluding carboxylic acids is 1. The van der Waals surface area contributed by atoms with Gasteiger partial charge in [0.15, 0.2) is 11.0 Å². The molecule has 4 aromatic rings. The first-order valence-electron chi connectivity index (χ1n) is 9.54. The standard InChI is InChI=1S/C22H20N6O2S/c1-15-5-7-18(8-6-15)28-21(17-9-11-23-12-10-17)26-27-22(28)31-14-20(29)25-24-16(2)19-4-3-13-30-19/h3-13H,14H2,1-2H3,(H,25,29). The van der Waals surface area contributed by atoms with E-state index in [1.807, 2.05) is 47.9 Å². The molecule has 0 aliphatic carbocycles. The Bertz CT molecular complexity index is 1180. The van der Waals surface area contributed by atoms with Crippen molar-refractivity contribution in [3.63, 3.8) is 0 Å². The molecular formula is C22H20N6O2S. The second kappa shape index (κ2) is 9.40. The van der Waals surface area contributed by atoms with E-state index in [0.717, 1.165) is 16.8 Å². The fourth-order valence-electron chi connectivity index (χ4n) is 2.83. The highest BCUT2D eigenvalue weighted by molar-refractivity contribution is 7.99. The second-order valence-electron chi connectivity index (χ2n) is 6.71. The predicted octanol–water partition coefficient (Wildman–Crippen LogP) is 3.86. The van der Waals surface area contributed by atoms with Crippen LogP contribution in [0.25, 0.3) is 17.1 Å². The average molecular weight is 433 g/mol. The molecule has 8 nitrogen and oxygen atoms in total. The van der Waals surface area contributed by atoms with Crippen LogP contribution >= 0.6 is 11.8 Å². The third-order valence-electron chi connectivity index (χ3n) is 4.42. The molecule has 9 heteroatoms. The zero-order valence-corrected chi connectivity index (χ0v) is 17.8. The highest BCUT2D eigenvalue weighted by atomic mass is 32.2. The van der Waals surface area contributed by atoms with Crippen molar-refractivity contribution < 1.29 is 9.21 Å². The summed E-state index contributed by atoms with van der Waals surface area (Å²) < 4.78 is 7.20. The molecule has 0 unspecified atom stereocenters. The van der Waals surface area contributed by atoms with Crippen molar-refractivity contribution in [2.45, 2.75) is 19.0 Å². The monoisotopic (exact) mass is 432 g/mol. The summed E-state index contributed by atoms with van der Waals surface area (Å²) in [5.74, 6) is 1.17. The lowest BCUT2D eigenvalue weighted by molar-refractivity contribution is -0.118. The minimum atomic E-state index is -0.250. The van der Waals surface area contributed by atoms with Gasteiger partial charge >= 0.3 is 0 Å². The molecule has 3 heterocycles. The number of furan rings is 1. The number of aryl methyl sites for hydroxylation is 1. The molecule has 0 aliphatic heterocycles. The number of carbonyl (C=O) groups is 1. The molecule has 0 radical (unpaired) electrons. The number of thioether (sulfide) groups is 1. The van der Waals surface area contributed by atoms with Crippen LogP contribution in [0.1, 0.15) is 18.2 Å². The Balaban J connectivity index is 1.54. The van der Waals surface area contributed by atoms with E-state index in [1.54, 1.807) is 37.7 Å². The van der Waals surface area contributed by atoms with Gasteiger partial charge in [0.1, 0.15) is 11.5 Å². The second-order valence-corrected chi connectivity index (χ2v) is 7.65. The van der Waals surface area contributed by atoms with Crippen molar-refractivity contribution in [2.24, 2.45) is 5.10 Å². The Kier molecular flexibility index (Phi) is 6.23. The van der Waals surface area contributed by atoms with Gasteiger partial charge in [-0.1, -0.05) is 29.5 Å². The average Bonchev–Trinajstić information content (AvgIpc) is 3.48. The highest BCUT2D eigenvalue weighted by Gasteiger charge is 2.17. The summed E-state index contributed by atoms with van der Waals surface area (Å²) >= 11 is 1.29. The lowest BCUT2D eigenvalue weighted by atomic mass is 10.2. The van der Waals surface area contributed by atoms with Gasteiger partial charge in [-0.05, 0) is 50.2 Å². The van der Waals surface area contributed by atoms with E-state index in [2.05, 4.69) is 25.7 Å². The summed E-state index contributed by atoms with van der Waals surface area (Å²) in [5, 5.41) is 13.4. The maximum absolute atomic E-state index is 12.3. The first-order valence-corrected chi connectivity index (χ1v) is 10.5. The van der Waals surface area contributed by atoms with Gasteiger partial charge in [-0.3, -0.25) is 14.3 Å². The van der Waals surface area contributed by atoms with E-state index in [1.165, 1.54) is 11.8 Å². The smallest absolute Gasteiger partial charge is 0.250 e. The van der Waals surface area contributed by atoms with Gasteiger partial charge in [0.05, 0.1) is 12.0 Å². The molecule has 3 aromatic heterocycles. The Morgan fingerprint density at radius 3 is 2.61 bits per heavy atom. The van der Waals surface area contributed by atoms with Crippen molar-refractivity contribution in [3.8, 4) is 17.1 Å². The molecule has 0 fully saturated rings. The normalized spacial score (nSPS) is 11.5. The SMILES string of the molecule is CC(=NNC(=O)CSc1nnc(-c2ccncc2)n1-c1ccc(C)cc1)c1ccco1. The molecule has 1 amide bonds. The van der Waals surface area contributed by atoms with Crippen LogP contribution in [0.5, 0.6) is 0 Å². The van der Waals surface area contributed by atoms with Gasteiger partial charge in [0.25, 0.3) is 5.91 Å². The van der Waals surface area contributed by atoms with Crippen LogP contribution in [0.15, 0.2) is 81.9 Å². The number of nitrogens with zero attached hydrogens (tertiary/aromatic N) is 5. The van der Waals surface area contributed by atoms with Gasteiger partial charge in [0.2, 0.25) is 0 Å². The van der Waals surface area contributed by atoms with Crippen LogP contribution in [0.4, 0.5) is 0 Å². The van der Waals surface area contributed by atoms with E-state index in [9.17, 15) is 4.79 Å². The molecule has 1 N–H and O–H groups in total. The van der Waals surface area contributed by atoms with E-state index in [0.29, 0.717) is 22.5 Å². The quantitative estimate of drug-likeness (QED) is 0.270. The zero-order valence-electron chi connectivity index (χ0n) is 17.0. The highest BCUT2D eigenvalue weighted by Crippen LogP contribution is 2.27. The molecule has 31 heavy (non-hydrogen) atoms. The first kappa shape index (κ1) is 20.5. The minimum absolute atomic E-state index is 0.134. The van der Waals surface area contributed by atoms with E-state index in [-0.39, 0.29) is 11.7 Å². The van der Waals surface area contributed by atoms with E-state index in [4.69, 9.17) is 4.42 Å². The van der Waals surface area contributed by atoms with Crippen molar-refractivity contribution >= 4 is 23.4 Å².